The minimum atomic E-state index is -0.698. The van der Waals surface area contributed by atoms with E-state index < -0.39 is 11.7 Å². The lowest BCUT2D eigenvalue weighted by Gasteiger charge is -2.25. The summed E-state index contributed by atoms with van der Waals surface area (Å²) >= 11 is 7.06. The molecular formula is C21H17ClFN3O3S. The highest BCUT2D eigenvalue weighted by Crippen LogP contribution is 2.37. The zero-order chi connectivity index (χ0) is 21.7. The van der Waals surface area contributed by atoms with Gasteiger partial charge in [-0.25, -0.2) is 4.39 Å². The van der Waals surface area contributed by atoms with Gasteiger partial charge in [0.05, 0.1) is 34.6 Å². The Kier molecular flexibility index (Phi) is 6.98. The number of thioether (sulfide) groups is 1. The zero-order valence-electron chi connectivity index (χ0n) is 15.9. The van der Waals surface area contributed by atoms with Crippen molar-refractivity contribution in [2.75, 3.05) is 18.2 Å². The molecule has 1 aliphatic heterocycles. The minimum Gasteiger partial charge on any atom is -0.495 e. The summed E-state index contributed by atoms with van der Waals surface area (Å²) in [7, 11) is 1.49. The molecule has 0 saturated heterocycles. The molecule has 0 saturated carbocycles. The van der Waals surface area contributed by atoms with Gasteiger partial charge in [-0.3, -0.25) is 9.59 Å². The predicted octanol–water partition coefficient (Wildman–Crippen LogP) is 4.20. The van der Waals surface area contributed by atoms with Gasteiger partial charge in [0.1, 0.15) is 11.6 Å². The summed E-state index contributed by atoms with van der Waals surface area (Å²) in [5, 5.41) is 15.5. The second-order valence-corrected chi connectivity index (χ2v) is 7.76. The van der Waals surface area contributed by atoms with Gasteiger partial charge in [-0.1, -0.05) is 41.6 Å². The van der Waals surface area contributed by atoms with Crippen LogP contribution in [-0.4, -0.2) is 24.7 Å². The molecule has 0 unspecified atom stereocenters. The van der Waals surface area contributed by atoms with E-state index in [2.05, 4.69) is 16.7 Å². The van der Waals surface area contributed by atoms with E-state index in [0.29, 0.717) is 16.5 Å². The Labute approximate surface area is 182 Å². The van der Waals surface area contributed by atoms with Crippen molar-refractivity contribution in [2.24, 2.45) is 0 Å². The predicted molar refractivity (Wildman–Crippen MR) is 114 cm³/mol. The van der Waals surface area contributed by atoms with E-state index in [1.54, 1.807) is 36.4 Å². The highest BCUT2D eigenvalue weighted by Gasteiger charge is 2.31. The third-order valence-electron chi connectivity index (χ3n) is 4.42. The maximum Gasteiger partial charge on any atom is 0.234 e. The second-order valence-electron chi connectivity index (χ2n) is 6.37. The molecule has 0 aromatic heterocycles. The monoisotopic (exact) mass is 445 g/mol. The van der Waals surface area contributed by atoms with Gasteiger partial charge in [0, 0.05) is 18.0 Å². The molecule has 30 heavy (non-hydrogen) atoms. The lowest BCUT2D eigenvalue weighted by molar-refractivity contribution is -0.121. The number of allylic oxidation sites excluding steroid dienone is 1. The van der Waals surface area contributed by atoms with Crippen molar-refractivity contribution in [3.8, 4) is 11.8 Å². The molecule has 154 valence electrons. The highest BCUT2D eigenvalue weighted by atomic mass is 35.5. The van der Waals surface area contributed by atoms with Crippen molar-refractivity contribution >= 4 is 40.9 Å². The first kappa shape index (κ1) is 21.7. The summed E-state index contributed by atoms with van der Waals surface area (Å²) in [6.07, 6.45) is -0.0373. The van der Waals surface area contributed by atoms with E-state index in [4.69, 9.17) is 16.3 Å². The zero-order valence-corrected chi connectivity index (χ0v) is 17.4. The quantitative estimate of drug-likeness (QED) is 0.695. The molecule has 0 radical (unpaired) electrons. The smallest absolute Gasteiger partial charge is 0.234 e. The van der Waals surface area contributed by atoms with Crippen LogP contribution in [0.3, 0.4) is 0 Å². The average molecular weight is 446 g/mol. The van der Waals surface area contributed by atoms with Gasteiger partial charge in [-0.15, -0.1) is 0 Å². The van der Waals surface area contributed by atoms with E-state index in [0.717, 1.165) is 11.8 Å². The number of nitrogens with zero attached hydrogens (tertiary/aromatic N) is 1. The van der Waals surface area contributed by atoms with Crippen LogP contribution in [0, 0.1) is 17.1 Å². The fourth-order valence-corrected chi connectivity index (χ4v) is 4.17. The number of amides is 2. The number of carbonyl (C=O) groups is 2. The van der Waals surface area contributed by atoms with Crippen LogP contribution in [-0.2, 0) is 9.59 Å². The minimum absolute atomic E-state index is 0.0373. The van der Waals surface area contributed by atoms with Crippen LogP contribution < -0.4 is 15.4 Å². The number of anilines is 1. The number of ether oxygens (including phenoxy) is 1. The summed E-state index contributed by atoms with van der Waals surface area (Å²) < 4.78 is 19.3. The van der Waals surface area contributed by atoms with Crippen LogP contribution in [0.5, 0.6) is 5.75 Å². The lowest BCUT2D eigenvalue weighted by atomic mass is 9.87. The Balaban J connectivity index is 1.74. The van der Waals surface area contributed by atoms with Crippen LogP contribution in [0.25, 0.3) is 0 Å². The average Bonchev–Trinajstić information content (AvgIpc) is 2.72. The number of halogens is 2. The third-order valence-corrected chi connectivity index (χ3v) is 5.73. The molecule has 0 fully saturated rings. The third kappa shape index (κ3) is 4.93. The second kappa shape index (κ2) is 9.65. The Hall–Kier alpha value is -3.02. The maximum atomic E-state index is 14.2. The van der Waals surface area contributed by atoms with Crippen molar-refractivity contribution in [1.82, 2.24) is 5.32 Å². The van der Waals surface area contributed by atoms with E-state index in [1.807, 2.05) is 0 Å². The molecule has 2 aromatic rings. The van der Waals surface area contributed by atoms with Crippen molar-refractivity contribution in [2.45, 2.75) is 12.3 Å². The SMILES string of the molecule is COc1ccc(NC(=O)CSC2=C(C#N)[C@H](c3ccccc3F)CC(=O)N2)cc1Cl. The molecule has 1 aliphatic rings. The van der Waals surface area contributed by atoms with E-state index in [1.165, 1.54) is 13.2 Å². The van der Waals surface area contributed by atoms with Crippen LogP contribution >= 0.6 is 23.4 Å². The highest BCUT2D eigenvalue weighted by molar-refractivity contribution is 8.03. The summed E-state index contributed by atoms with van der Waals surface area (Å²) in [6.45, 7) is 0. The Morgan fingerprint density at radius 3 is 2.83 bits per heavy atom. The summed E-state index contributed by atoms with van der Waals surface area (Å²) in [4.78, 5) is 24.5. The fourth-order valence-electron chi connectivity index (χ4n) is 3.04. The summed E-state index contributed by atoms with van der Waals surface area (Å²) in [6, 6.07) is 12.9. The fraction of sp³-hybridized carbons (Fsp3) is 0.190. The molecule has 2 amide bonds. The van der Waals surface area contributed by atoms with Gasteiger partial charge in [-0.2, -0.15) is 5.26 Å². The molecule has 6 nitrogen and oxygen atoms in total. The molecule has 1 atom stereocenters. The molecular weight excluding hydrogens is 429 g/mol. The van der Waals surface area contributed by atoms with Gasteiger partial charge >= 0.3 is 0 Å². The number of nitriles is 1. The molecule has 2 aromatic carbocycles. The van der Waals surface area contributed by atoms with Gasteiger partial charge in [-0.05, 0) is 29.8 Å². The maximum absolute atomic E-state index is 14.2. The molecule has 1 heterocycles. The number of benzene rings is 2. The molecule has 9 heteroatoms. The van der Waals surface area contributed by atoms with Crippen LogP contribution in [0.15, 0.2) is 53.1 Å². The first-order chi connectivity index (χ1) is 14.4. The van der Waals surface area contributed by atoms with E-state index in [-0.39, 0.29) is 40.2 Å². The largest absolute Gasteiger partial charge is 0.495 e. The molecule has 0 aliphatic carbocycles. The number of nitrogens with one attached hydrogen (secondary N) is 2. The molecule has 0 bridgehead atoms. The Morgan fingerprint density at radius 1 is 1.40 bits per heavy atom. The number of hydrogen-bond acceptors (Lipinski definition) is 5. The first-order valence-corrected chi connectivity index (χ1v) is 10.2. The van der Waals surface area contributed by atoms with Crippen LogP contribution in [0.4, 0.5) is 10.1 Å². The van der Waals surface area contributed by atoms with Gasteiger partial charge in [0.25, 0.3) is 0 Å². The normalized spacial score (nSPS) is 15.9. The van der Waals surface area contributed by atoms with Crippen molar-refractivity contribution in [1.29, 1.82) is 5.26 Å². The standard InChI is InChI=1S/C21H17ClFN3O3S/c1-29-18-7-6-12(8-16(18)22)25-20(28)11-30-21-15(10-24)14(9-19(27)26-21)13-4-2-3-5-17(13)23/h2-8,14H,9,11H2,1H3,(H,25,28)(H,26,27)/t14-/m0/s1. The van der Waals surface area contributed by atoms with Crippen LogP contribution in [0.1, 0.15) is 17.9 Å². The summed E-state index contributed by atoms with van der Waals surface area (Å²) in [5.74, 6) is -1.45. The summed E-state index contributed by atoms with van der Waals surface area (Å²) in [5.41, 5.74) is 0.988. The van der Waals surface area contributed by atoms with Crippen LogP contribution in [0.2, 0.25) is 5.02 Å². The number of carbonyl (C=O) groups excluding carboxylic acids is 2. The van der Waals surface area contributed by atoms with Crippen molar-refractivity contribution in [3.05, 3.63) is 69.5 Å². The number of rotatable bonds is 6. The molecule has 0 spiro atoms. The van der Waals surface area contributed by atoms with Crippen molar-refractivity contribution in [3.63, 3.8) is 0 Å². The number of methoxy groups -OCH3 is 1. The Bertz CT molecular complexity index is 1070. The lowest BCUT2D eigenvalue weighted by Crippen LogP contribution is -2.31. The Morgan fingerprint density at radius 2 is 2.17 bits per heavy atom. The molecule has 2 N–H and O–H groups in total. The van der Waals surface area contributed by atoms with Gasteiger partial charge in [0.2, 0.25) is 11.8 Å². The van der Waals surface area contributed by atoms with Crippen molar-refractivity contribution < 1.29 is 18.7 Å². The van der Waals surface area contributed by atoms with E-state index >= 15 is 0 Å². The topological polar surface area (TPSA) is 91.2 Å². The van der Waals surface area contributed by atoms with E-state index in [9.17, 15) is 19.2 Å². The van der Waals surface area contributed by atoms with Gasteiger partial charge in [0.15, 0.2) is 0 Å². The van der Waals surface area contributed by atoms with Gasteiger partial charge < -0.3 is 15.4 Å². The molecule has 3 rings (SSSR count). The first-order valence-electron chi connectivity index (χ1n) is 8.87. The number of hydrogen-bond donors (Lipinski definition) is 2.